The van der Waals surface area contributed by atoms with Crippen molar-refractivity contribution in [2.75, 3.05) is 26.0 Å². The Labute approximate surface area is 182 Å². The van der Waals surface area contributed by atoms with Gasteiger partial charge < -0.3 is 20.5 Å². The maximum atomic E-state index is 12.2. The first kappa shape index (κ1) is 20.5. The zero-order chi connectivity index (χ0) is 21.6. The zero-order valence-corrected chi connectivity index (χ0v) is 17.5. The first-order valence-corrected chi connectivity index (χ1v) is 10.4. The van der Waals surface area contributed by atoms with E-state index in [1.807, 2.05) is 54.6 Å². The molecule has 3 aromatic rings. The Bertz CT molecular complexity index is 1060. The van der Waals surface area contributed by atoms with Gasteiger partial charge in [-0.25, -0.2) is 4.79 Å². The van der Waals surface area contributed by atoms with E-state index in [9.17, 15) is 4.79 Å². The molecule has 0 saturated heterocycles. The second-order valence-corrected chi connectivity index (χ2v) is 7.44. The molecule has 0 heterocycles. The van der Waals surface area contributed by atoms with Gasteiger partial charge >= 0.3 is 6.09 Å². The summed E-state index contributed by atoms with van der Waals surface area (Å²) in [5.41, 5.74) is 12.3. The van der Waals surface area contributed by atoms with Crippen LogP contribution in [0.4, 0.5) is 10.5 Å². The molecule has 0 unspecified atom stereocenters. The number of fused-ring (bicyclic) bond motifs is 3. The number of hydrogen-bond donors (Lipinski definition) is 2. The van der Waals surface area contributed by atoms with Crippen molar-refractivity contribution in [2.45, 2.75) is 12.3 Å². The van der Waals surface area contributed by atoms with Crippen LogP contribution in [0.5, 0.6) is 5.75 Å². The molecule has 0 saturated carbocycles. The Hall–Kier alpha value is -3.73. The number of ether oxygens (including phenoxy) is 2. The van der Waals surface area contributed by atoms with Gasteiger partial charge in [-0.1, -0.05) is 66.7 Å². The summed E-state index contributed by atoms with van der Waals surface area (Å²) in [7, 11) is 1.59. The number of nitrogen functional groups attached to an aromatic ring is 1. The van der Waals surface area contributed by atoms with Crippen molar-refractivity contribution in [3.05, 3.63) is 89.5 Å². The van der Waals surface area contributed by atoms with Crippen LogP contribution < -0.4 is 15.8 Å². The molecule has 0 aromatic heterocycles. The second kappa shape index (κ2) is 9.39. The van der Waals surface area contributed by atoms with Gasteiger partial charge in [0.15, 0.2) is 0 Å². The van der Waals surface area contributed by atoms with Gasteiger partial charge in [-0.3, -0.25) is 0 Å². The quantitative estimate of drug-likeness (QED) is 0.411. The highest BCUT2D eigenvalue weighted by Crippen LogP contribution is 2.44. The van der Waals surface area contributed by atoms with E-state index in [1.165, 1.54) is 22.3 Å². The number of hydrogen-bond acceptors (Lipinski definition) is 4. The molecular weight excluding hydrogens is 388 g/mol. The molecule has 5 heteroatoms. The minimum atomic E-state index is -0.399. The van der Waals surface area contributed by atoms with Crippen LogP contribution in [-0.2, 0) is 4.74 Å². The molecule has 0 bridgehead atoms. The van der Waals surface area contributed by atoms with Gasteiger partial charge in [-0.05, 0) is 46.4 Å². The lowest BCUT2D eigenvalue weighted by Crippen LogP contribution is -2.26. The zero-order valence-electron chi connectivity index (χ0n) is 17.5. The Morgan fingerprint density at radius 1 is 1.03 bits per heavy atom. The van der Waals surface area contributed by atoms with E-state index in [4.69, 9.17) is 15.2 Å². The summed E-state index contributed by atoms with van der Waals surface area (Å²) in [6.45, 7) is 0.819. The fraction of sp³-hybridized carbons (Fsp3) is 0.192. The van der Waals surface area contributed by atoms with Crippen molar-refractivity contribution in [3.63, 3.8) is 0 Å². The topological polar surface area (TPSA) is 73.6 Å². The highest BCUT2D eigenvalue weighted by atomic mass is 16.5. The van der Waals surface area contributed by atoms with Crippen LogP contribution in [0.25, 0.3) is 17.2 Å². The van der Waals surface area contributed by atoms with Gasteiger partial charge in [0, 0.05) is 12.5 Å². The molecule has 3 N–H and O–H groups in total. The van der Waals surface area contributed by atoms with Crippen LogP contribution in [0.2, 0.25) is 0 Å². The van der Waals surface area contributed by atoms with Gasteiger partial charge in [0.1, 0.15) is 12.4 Å². The summed E-state index contributed by atoms with van der Waals surface area (Å²) in [5, 5.41) is 2.81. The van der Waals surface area contributed by atoms with E-state index < -0.39 is 6.09 Å². The van der Waals surface area contributed by atoms with E-state index in [-0.39, 0.29) is 5.92 Å². The first-order chi connectivity index (χ1) is 15.2. The largest absolute Gasteiger partial charge is 0.495 e. The molecule has 31 heavy (non-hydrogen) atoms. The van der Waals surface area contributed by atoms with Crippen molar-refractivity contribution < 1.29 is 14.3 Å². The maximum Gasteiger partial charge on any atom is 0.407 e. The van der Waals surface area contributed by atoms with Crippen LogP contribution in [0.3, 0.4) is 0 Å². The number of benzene rings is 3. The normalized spacial score (nSPS) is 12.4. The summed E-state index contributed by atoms with van der Waals surface area (Å²) in [6.07, 6.45) is 4.25. The fourth-order valence-electron chi connectivity index (χ4n) is 3.98. The van der Waals surface area contributed by atoms with Gasteiger partial charge in [0.05, 0.1) is 12.8 Å². The fourth-order valence-corrected chi connectivity index (χ4v) is 3.98. The smallest absolute Gasteiger partial charge is 0.407 e. The van der Waals surface area contributed by atoms with Crippen LogP contribution in [-0.4, -0.2) is 26.4 Å². The van der Waals surface area contributed by atoms with Crippen molar-refractivity contribution in [3.8, 4) is 16.9 Å². The van der Waals surface area contributed by atoms with E-state index in [2.05, 4.69) is 29.6 Å². The Balaban J connectivity index is 1.26. The third kappa shape index (κ3) is 4.56. The number of carbonyl (C=O) groups excluding carboxylic acids is 1. The van der Waals surface area contributed by atoms with Gasteiger partial charge in [0.2, 0.25) is 0 Å². The molecule has 3 aromatic carbocycles. The van der Waals surface area contributed by atoms with Crippen molar-refractivity contribution in [1.82, 2.24) is 5.32 Å². The molecule has 0 fully saturated rings. The molecule has 1 aliphatic rings. The Morgan fingerprint density at radius 3 is 2.35 bits per heavy atom. The van der Waals surface area contributed by atoms with Gasteiger partial charge in [0.25, 0.3) is 0 Å². The van der Waals surface area contributed by atoms with E-state index in [1.54, 1.807) is 7.11 Å². The first-order valence-electron chi connectivity index (χ1n) is 10.4. The third-order valence-corrected chi connectivity index (χ3v) is 5.49. The van der Waals surface area contributed by atoms with Gasteiger partial charge in [-0.2, -0.15) is 0 Å². The number of nitrogens with one attached hydrogen (secondary N) is 1. The average Bonchev–Trinajstić information content (AvgIpc) is 3.11. The molecule has 1 aliphatic carbocycles. The predicted molar refractivity (Wildman–Crippen MR) is 124 cm³/mol. The summed E-state index contributed by atoms with van der Waals surface area (Å²) in [5.74, 6) is 0.729. The lowest BCUT2D eigenvalue weighted by Gasteiger charge is -2.14. The summed E-state index contributed by atoms with van der Waals surface area (Å²) in [6, 6.07) is 22.2. The van der Waals surface area contributed by atoms with E-state index >= 15 is 0 Å². The molecule has 0 atom stereocenters. The number of nitrogens with two attached hydrogens (primary N) is 1. The molecule has 5 nitrogen and oxygen atoms in total. The number of rotatable bonds is 7. The highest BCUT2D eigenvalue weighted by molar-refractivity contribution is 5.79. The predicted octanol–water partition coefficient (Wildman–Crippen LogP) is 5.22. The summed E-state index contributed by atoms with van der Waals surface area (Å²) < 4.78 is 10.7. The Morgan fingerprint density at radius 2 is 1.71 bits per heavy atom. The molecule has 0 radical (unpaired) electrons. The minimum Gasteiger partial charge on any atom is -0.495 e. The average molecular weight is 415 g/mol. The summed E-state index contributed by atoms with van der Waals surface area (Å²) >= 11 is 0. The molecule has 158 valence electrons. The van der Waals surface area contributed by atoms with Crippen LogP contribution >= 0.6 is 0 Å². The van der Waals surface area contributed by atoms with Crippen LogP contribution in [0.1, 0.15) is 29.0 Å². The number of methoxy groups -OCH3 is 1. The lowest BCUT2D eigenvalue weighted by molar-refractivity contribution is 0.143. The SMILES string of the molecule is COc1ccc(C=CCCNC(=O)OCC2c3ccccc3-c3ccccc32)cc1N. The number of amides is 1. The number of anilines is 1. The van der Waals surface area contributed by atoms with Crippen LogP contribution in [0.15, 0.2) is 72.8 Å². The van der Waals surface area contributed by atoms with Crippen molar-refractivity contribution in [1.29, 1.82) is 0 Å². The molecular formula is C26H26N2O3. The lowest BCUT2D eigenvalue weighted by atomic mass is 9.98. The number of alkyl carbamates (subject to hydrolysis) is 1. The van der Waals surface area contributed by atoms with Crippen molar-refractivity contribution in [2.24, 2.45) is 0 Å². The summed E-state index contributed by atoms with van der Waals surface area (Å²) in [4.78, 5) is 12.2. The monoisotopic (exact) mass is 414 g/mol. The number of carbonyl (C=O) groups is 1. The van der Waals surface area contributed by atoms with Crippen molar-refractivity contribution >= 4 is 17.9 Å². The minimum absolute atomic E-state index is 0.0681. The molecule has 1 amide bonds. The van der Waals surface area contributed by atoms with Crippen LogP contribution in [0, 0.1) is 0 Å². The molecule has 4 rings (SSSR count). The Kier molecular flexibility index (Phi) is 6.22. The molecule has 0 spiro atoms. The van der Waals surface area contributed by atoms with E-state index in [0.717, 1.165) is 5.56 Å². The second-order valence-electron chi connectivity index (χ2n) is 7.44. The highest BCUT2D eigenvalue weighted by Gasteiger charge is 2.28. The maximum absolute atomic E-state index is 12.2. The van der Waals surface area contributed by atoms with Gasteiger partial charge in [-0.15, -0.1) is 0 Å². The van der Waals surface area contributed by atoms with E-state index in [0.29, 0.717) is 31.0 Å². The molecule has 0 aliphatic heterocycles. The standard InChI is InChI=1S/C26H26N2O3/c1-30-25-14-13-18(16-24(25)27)8-6-7-15-28-26(29)31-17-23-21-11-4-2-9-19(21)20-10-3-5-12-22(20)23/h2-6,8-14,16,23H,7,15,17,27H2,1H3,(H,28,29). The third-order valence-electron chi connectivity index (χ3n) is 5.49.